The molecule has 0 unspecified atom stereocenters. The molecule has 1 aromatic heterocycles. The molecule has 188 valence electrons. The largest absolute Gasteiger partial charge is 0.486 e. The van der Waals surface area contributed by atoms with Crippen molar-refractivity contribution < 1.29 is 13.9 Å². The third-order valence-corrected chi connectivity index (χ3v) is 7.47. The van der Waals surface area contributed by atoms with Gasteiger partial charge in [0.25, 0.3) is 5.91 Å². The molecule has 0 N–H and O–H groups in total. The maximum atomic E-state index is 13.4. The number of furan rings is 1. The lowest BCUT2D eigenvalue weighted by Crippen LogP contribution is -2.28. The van der Waals surface area contributed by atoms with E-state index in [1.54, 1.807) is 41.5 Å². The second-order valence-electron chi connectivity index (χ2n) is 8.18. The Morgan fingerprint density at radius 3 is 2.63 bits per heavy atom. The first-order chi connectivity index (χ1) is 18.5. The predicted molar refractivity (Wildman–Crippen MR) is 153 cm³/mol. The van der Waals surface area contributed by atoms with E-state index >= 15 is 0 Å². The SMILES string of the molecule is N#Cc1ccccc1COc1c(Cl)cc(C=C2SC(=Nc3ccccc3)N(Cc3ccco3)C2=O)cc1Br. The highest BCUT2D eigenvalue weighted by Crippen LogP contribution is 2.39. The standard InChI is InChI=1S/C29H19BrClN3O3S/c30-24-13-19(14-25(31)27(24)37-18-21-8-5-4-7-20(21)16-32)15-26-28(35)34(17-23-11-6-12-36-23)29(38-26)33-22-9-2-1-3-10-22/h1-15H,17-18H2. The van der Waals surface area contributed by atoms with Crippen molar-refractivity contribution in [2.45, 2.75) is 13.2 Å². The van der Waals surface area contributed by atoms with E-state index in [1.165, 1.54) is 11.8 Å². The van der Waals surface area contributed by atoms with Gasteiger partial charge in [0.1, 0.15) is 12.4 Å². The van der Waals surface area contributed by atoms with Crippen LogP contribution < -0.4 is 4.74 Å². The van der Waals surface area contributed by atoms with Crippen LogP contribution in [0, 0.1) is 11.3 Å². The molecular weight excluding hydrogens is 586 g/mol. The van der Waals surface area contributed by atoms with Gasteiger partial charge in [0, 0.05) is 5.56 Å². The van der Waals surface area contributed by atoms with Gasteiger partial charge in [0.05, 0.1) is 44.5 Å². The van der Waals surface area contributed by atoms with E-state index in [-0.39, 0.29) is 19.1 Å². The van der Waals surface area contributed by atoms with Gasteiger partial charge in [-0.05, 0) is 81.8 Å². The lowest BCUT2D eigenvalue weighted by molar-refractivity contribution is -0.122. The zero-order valence-corrected chi connectivity index (χ0v) is 23.0. The smallest absolute Gasteiger partial charge is 0.267 e. The van der Waals surface area contributed by atoms with Crippen molar-refractivity contribution in [3.05, 3.63) is 122 Å². The van der Waals surface area contributed by atoms with Gasteiger partial charge in [-0.3, -0.25) is 9.69 Å². The summed E-state index contributed by atoms with van der Waals surface area (Å²) >= 11 is 11.4. The van der Waals surface area contributed by atoms with Gasteiger partial charge in [-0.25, -0.2) is 4.99 Å². The van der Waals surface area contributed by atoms with Crippen LogP contribution in [-0.2, 0) is 17.9 Å². The number of carbonyl (C=O) groups excluding carboxylic acids is 1. The van der Waals surface area contributed by atoms with Crippen molar-refractivity contribution in [3.63, 3.8) is 0 Å². The number of hydrogen-bond acceptors (Lipinski definition) is 6. The summed E-state index contributed by atoms with van der Waals surface area (Å²) in [7, 11) is 0. The van der Waals surface area contributed by atoms with Gasteiger partial charge in [-0.1, -0.05) is 48.0 Å². The number of para-hydroxylation sites is 1. The molecule has 38 heavy (non-hydrogen) atoms. The first-order valence-electron chi connectivity index (χ1n) is 11.5. The first-order valence-corrected chi connectivity index (χ1v) is 13.5. The number of carbonyl (C=O) groups is 1. The van der Waals surface area contributed by atoms with Gasteiger partial charge in [-0.15, -0.1) is 0 Å². The Morgan fingerprint density at radius 2 is 1.89 bits per heavy atom. The number of amidine groups is 1. The molecule has 0 atom stereocenters. The zero-order chi connectivity index (χ0) is 26.5. The normalized spacial score (nSPS) is 15.3. The van der Waals surface area contributed by atoms with Crippen LogP contribution in [0.4, 0.5) is 5.69 Å². The molecule has 1 saturated heterocycles. The number of halogens is 2. The molecule has 0 bridgehead atoms. The highest BCUT2D eigenvalue weighted by Gasteiger charge is 2.34. The molecule has 1 fully saturated rings. The Bertz CT molecular complexity index is 1560. The topological polar surface area (TPSA) is 78.8 Å². The van der Waals surface area contributed by atoms with Gasteiger partial charge < -0.3 is 9.15 Å². The van der Waals surface area contributed by atoms with Gasteiger partial charge >= 0.3 is 0 Å². The molecule has 1 aliphatic heterocycles. The van der Waals surface area contributed by atoms with Crippen LogP contribution in [0.5, 0.6) is 5.75 Å². The number of ether oxygens (including phenoxy) is 1. The molecule has 0 spiro atoms. The van der Waals surface area contributed by atoms with E-state index in [2.05, 4.69) is 22.0 Å². The fraction of sp³-hybridized carbons (Fsp3) is 0.0690. The number of amides is 1. The molecule has 2 heterocycles. The minimum Gasteiger partial charge on any atom is -0.486 e. The molecule has 0 aliphatic carbocycles. The number of aliphatic imine (C=N–C) groups is 1. The molecule has 0 radical (unpaired) electrons. The van der Waals surface area contributed by atoms with Crippen LogP contribution in [-0.4, -0.2) is 16.0 Å². The lowest BCUT2D eigenvalue weighted by atomic mass is 10.1. The quantitative estimate of drug-likeness (QED) is 0.200. The van der Waals surface area contributed by atoms with Gasteiger partial charge in [0.15, 0.2) is 10.9 Å². The summed E-state index contributed by atoms with van der Waals surface area (Å²) in [6.07, 6.45) is 3.36. The Hall–Kier alpha value is -3.77. The van der Waals surface area contributed by atoms with E-state index in [1.807, 2.05) is 54.6 Å². The Kier molecular flexibility index (Phi) is 7.99. The fourth-order valence-electron chi connectivity index (χ4n) is 3.76. The van der Waals surface area contributed by atoms with Gasteiger partial charge in [0.2, 0.25) is 0 Å². The highest BCUT2D eigenvalue weighted by atomic mass is 79.9. The zero-order valence-electron chi connectivity index (χ0n) is 19.8. The molecule has 0 saturated carbocycles. The maximum Gasteiger partial charge on any atom is 0.267 e. The van der Waals surface area contributed by atoms with Crippen molar-refractivity contribution in [2.24, 2.45) is 4.99 Å². The predicted octanol–water partition coefficient (Wildman–Crippen LogP) is 7.95. The van der Waals surface area contributed by atoms with E-state index in [4.69, 9.17) is 25.7 Å². The average molecular weight is 605 g/mol. The molecular formula is C29H19BrClN3O3S. The molecule has 9 heteroatoms. The fourth-order valence-corrected chi connectivity index (χ4v) is 5.75. The van der Waals surface area contributed by atoms with Crippen LogP contribution >= 0.6 is 39.3 Å². The Balaban J connectivity index is 1.41. The number of benzene rings is 3. The molecule has 1 aliphatic rings. The number of nitriles is 1. The Labute approximate surface area is 237 Å². The van der Waals surface area contributed by atoms with Crippen LogP contribution in [0.1, 0.15) is 22.5 Å². The summed E-state index contributed by atoms with van der Waals surface area (Å²) in [4.78, 5) is 20.2. The van der Waals surface area contributed by atoms with E-state index < -0.39 is 0 Å². The van der Waals surface area contributed by atoms with E-state index in [9.17, 15) is 10.1 Å². The van der Waals surface area contributed by atoms with Crippen LogP contribution in [0.25, 0.3) is 6.08 Å². The summed E-state index contributed by atoms with van der Waals surface area (Å²) in [5, 5.41) is 10.3. The van der Waals surface area contributed by atoms with E-state index in [0.717, 1.165) is 16.8 Å². The molecule has 4 aromatic rings. The summed E-state index contributed by atoms with van der Waals surface area (Å²) in [5.74, 6) is 0.936. The monoisotopic (exact) mass is 603 g/mol. The second kappa shape index (κ2) is 11.7. The summed E-state index contributed by atoms with van der Waals surface area (Å²) in [6.45, 7) is 0.459. The van der Waals surface area contributed by atoms with Crippen molar-refractivity contribution in [1.82, 2.24) is 4.90 Å². The maximum absolute atomic E-state index is 13.4. The highest BCUT2D eigenvalue weighted by molar-refractivity contribution is 9.10. The molecule has 1 amide bonds. The van der Waals surface area contributed by atoms with Crippen molar-refractivity contribution >= 4 is 62.1 Å². The van der Waals surface area contributed by atoms with Crippen LogP contribution in [0.15, 0.2) is 104 Å². The number of rotatable bonds is 7. The second-order valence-corrected chi connectivity index (χ2v) is 10.5. The number of nitrogens with zero attached hydrogens (tertiary/aromatic N) is 3. The summed E-state index contributed by atoms with van der Waals surface area (Å²) in [5.41, 5.74) is 2.78. The summed E-state index contributed by atoms with van der Waals surface area (Å²) < 4.78 is 12.0. The number of hydrogen-bond donors (Lipinski definition) is 0. The third kappa shape index (κ3) is 5.86. The van der Waals surface area contributed by atoms with Crippen LogP contribution in [0.3, 0.4) is 0 Å². The van der Waals surface area contributed by atoms with Crippen molar-refractivity contribution in [1.29, 1.82) is 5.26 Å². The Morgan fingerprint density at radius 1 is 1.11 bits per heavy atom. The average Bonchev–Trinajstić information content (AvgIpc) is 3.53. The van der Waals surface area contributed by atoms with E-state index in [0.29, 0.717) is 36.6 Å². The summed E-state index contributed by atoms with van der Waals surface area (Å²) in [6, 6.07) is 26.1. The first kappa shape index (κ1) is 25.9. The molecule has 5 rings (SSSR count). The minimum absolute atomic E-state index is 0.179. The van der Waals surface area contributed by atoms with Gasteiger partial charge in [-0.2, -0.15) is 5.26 Å². The molecule has 3 aromatic carbocycles. The number of thioether (sulfide) groups is 1. The minimum atomic E-state index is -0.179. The third-order valence-electron chi connectivity index (χ3n) is 5.59. The lowest BCUT2D eigenvalue weighted by Gasteiger charge is -2.14. The molecule has 6 nitrogen and oxygen atoms in total. The van der Waals surface area contributed by atoms with Crippen molar-refractivity contribution in [2.75, 3.05) is 0 Å². The van der Waals surface area contributed by atoms with Crippen molar-refractivity contribution in [3.8, 4) is 11.8 Å². The van der Waals surface area contributed by atoms with Crippen LogP contribution in [0.2, 0.25) is 5.02 Å².